The first kappa shape index (κ1) is 14.7. The van der Waals surface area contributed by atoms with Crippen molar-refractivity contribution < 1.29 is 9.59 Å². The molecule has 0 spiro atoms. The Balaban J connectivity index is 1.67. The maximum atomic E-state index is 12.1. The van der Waals surface area contributed by atoms with E-state index in [1.54, 1.807) is 36.4 Å². The predicted molar refractivity (Wildman–Crippen MR) is 82.3 cm³/mol. The van der Waals surface area contributed by atoms with Crippen LogP contribution in [-0.4, -0.2) is 32.8 Å². The summed E-state index contributed by atoms with van der Waals surface area (Å²) >= 11 is 0. The molecule has 0 bridgehead atoms. The zero-order valence-electron chi connectivity index (χ0n) is 12.1. The van der Waals surface area contributed by atoms with E-state index in [-0.39, 0.29) is 24.9 Å². The summed E-state index contributed by atoms with van der Waals surface area (Å²) in [7, 11) is 0. The van der Waals surface area contributed by atoms with E-state index in [0.717, 1.165) is 4.90 Å². The standard InChI is InChI=1S/C16H13N3O4/c20-13-7-10-18(16(23)17-13)8-3-4-9-19-14(21)11-5-1-2-6-12(11)15(19)22/h1-7,10H,8-9H2,(H,17,20,23)/b4-3-. The predicted octanol–water partition coefficient (Wildman–Crippen LogP) is 0.389. The van der Waals surface area contributed by atoms with Crippen molar-refractivity contribution in [2.45, 2.75) is 6.54 Å². The largest absolute Gasteiger partial charge is 0.328 e. The molecule has 116 valence electrons. The number of hydrogen-bond acceptors (Lipinski definition) is 4. The molecule has 3 rings (SSSR count). The highest BCUT2D eigenvalue weighted by Crippen LogP contribution is 2.21. The lowest BCUT2D eigenvalue weighted by Gasteiger charge is -2.10. The van der Waals surface area contributed by atoms with E-state index >= 15 is 0 Å². The number of imide groups is 1. The van der Waals surface area contributed by atoms with Crippen molar-refractivity contribution >= 4 is 11.8 Å². The summed E-state index contributed by atoms with van der Waals surface area (Å²) in [6.45, 7) is 0.364. The molecule has 7 nitrogen and oxygen atoms in total. The van der Waals surface area contributed by atoms with E-state index in [9.17, 15) is 19.2 Å². The summed E-state index contributed by atoms with van der Waals surface area (Å²) in [5, 5.41) is 0. The zero-order valence-corrected chi connectivity index (χ0v) is 12.1. The Bertz CT molecular complexity index is 888. The van der Waals surface area contributed by atoms with Crippen LogP contribution in [0.2, 0.25) is 0 Å². The number of carbonyl (C=O) groups is 2. The molecule has 1 aromatic carbocycles. The number of hydrogen-bond donors (Lipinski definition) is 1. The van der Waals surface area contributed by atoms with Crippen molar-refractivity contribution in [2.24, 2.45) is 0 Å². The second-order valence-electron chi connectivity index (χ2n) is 5.00. The Morgan fingerprint density at radius 1 is 0.870 bits per heavy atom. The Hall–Kier alpha value is -3.22. The SMILES string of the molecule is O=C1c2ccccc2C(=O)N1C/C=C\Cn1ccc(=O)[nH]c1=O. The summed E-state index contributed by atoms with van der Waals surface area (Å²) in [5.41, 5.74) is -0.158. The molecule has 0 saturated carbocycles. The number of H-pyrrole nitrogens is 1. The van der Waals surface area contributed by atoms with Crippen molar-refractivity contribution in [3.8, 4) is 0 Å². The summed E-state index contributed by atoms with van der Waals surface area (Å²) in [4.78, 5) is 50.0. The van der Waals surface area contributed by atoms with Crippen LogP contribution in [0.25, 0.3) is 0 Å². The fourth-order valence-electron chi connectivity index (χ4n) is 2.36. The molecule has 0 unspecified atom stereocenters. The van der Waals surface area contributed by atoms with E-state index < -0.39 is 11.2 Å². The number of rotatable bonds is 4. The van der Waals surface area contributed by atoms with Crippen molar-refractivity contribution in [1.82, 2.24) is 14.5 Å². The molecule has 0 saturated heterocycles. The maximum absolute atomic E-state index is 12.1. The highest BCUT2D eigenvalue weighted by Gasteiger charge is 2.33. The smallest absolute Gasteiger partial charge is 0.297 e. The van der Waals surface area contributed by atoms with E-state index in [1.165, 1.54) is 16.8 Å². The van der Waals surface area contributed by atoms with Gasteiger partial charge in [-0.1, -0.05) is 24.3 Å². The number of aromatic nitrogens is 2. The Kier molecular flexibility index (Phi) is 3.76. The quantitative estimate of drug-likeness (QED) is 0.653. The van der Waals surface area contributed by atoms with Gasteiger partial charge in [-0.15, -0.1) is 0 Å². The summed E-state index contributed by atoms with van der Waals surface area (Å²) in [5.74, 6) is -0.645. The second kappa shape index (κ2) is 5.88. The lowest BCUT2D eigenvalue weighted by molar-refractivity contribution is 0.0672. The molecule has 0 fully saturated rings. The first-order chi connectivity index (χ1) is 11.1. The van der Waals surface area contributed by atoms with Gasteiger partial charge in [0.2, 0.25) is 0 Å². The van der Waals surface area contributed by atoms with E-state index in [4.69, 9.17) is 0 Å². The first-order valence-corrected chi connectivity index (χ1v) is 6.98. The van der Waals surface area contributed by atoms with Gasteiger partial charge in [-0.05, 0) is 12.1 Å². The highest BCUT2D eigenvalue weighted by molar-refractivity contribution is 6.21. The van der Waals surface area contributed by atoms with Gasteiger partial charge in [0.15, 0.2) is 0 Å². The van der Waals surface area contributed by atoms with Crippen molar-refractivity contribution in [3.63, 3.8) is 0 Å². The molecule has 0 radical (unpaired) electrons. The molecule has 2 aromatic rings. The van der Waals surface area contributed by atoms with Crippen molar-refractivity contribution in [2.75, 3.05) is 6.54 Å². The average Bonchev–Trinajstić information content (AvgIpc) is 2.78. The number of benzene rings is 1. The second-order valence-corrected chi connectivity index (χ2v) is 5.00. The van der Waals surface area contributed by atoms with Gasteiger partial charge in [0.25, 0.3) is 17.4 Å². The van der Waals surface area contributed by atoms with Gasteiger partial charge in [-0.2, -0.15) is 0 Å². The molecule has 2 heterocycles. The normalized spacial score (nSPS) is 13.8. The van der Waals surface area contributed by atoms with Gasteiger partial charge < -0.3 is 0 Å². The Morgan fingerprint density at radius 3 is 2.09 bits per heavy atom. The van der Waals surface area contributed by atoms with Crippen LogP contribution in [0.1, 0.15) is 20.7 Å². The molecular weight excluding hydrogens is 298 g/mol. The minimum atomic E-state index is -0.511. The number of fused-ring (bicyclic) bond motifs is 1. The van der Waals surface area contributed by atoms with Crippen molar-refractivity contribution in [1.29, 1.82) is 0 Å². The van der Waals surface area contributed by atoms with Crippen LogP contribution < -0.4 is 11.2 Å². The summed E-state index contributed by atoms with van der Waals surface area (Å²) in [6, 6.07) is 7.93. The molecule has 23 heavy (non-hydrogen) atoms. The molecule has 1 aromatic heterocycles. The average molecular weight is 311 g/mol. The maximum Gasteiger partial charge on any atom is 0.328 e. The topological polar surface area (TPSA) is 92.2 Å². The van der Waals surface area contributed by atoms with Crippen LogP contribution in [0.15, 0.2) is 58.3 Å². The third-order valence-electron chi connectivity index (χ3n) is 3.53. The van der Waals surface area contributed by atoms with Gasteiger partial charge in [0.05, 0.1) is 11.1 Å². The number of nitrogens with zero attached hydrogens (tertiary/aromatic N) is 2. The minimum absolute atomic E-state index is 0.129. The van der Waals surface area contributed by atoms with Crippen LogP contribution in [0.5, 0.6) is 0 Å². The van der Waals surface area contributed by atoms with Crippen LogP contribution in [0.4, 0.5) is 0 Å². The molecule has 1 aliphatic heterocycles. The Morgan fingerprint density at radius 2 is 1.48 bits per heavy atom. The number of carbonyl (C=O) groups excluding carboxylic acids is 2. The van der Waals surface area contributed by atoms with Gasteiger partial charge >= 0.3 is 5.69 Å². The van der Waals surface area contributed by atoms with E-state index in [0.29, 0.717) is 11.1 Å². The molecule has 7 heteroatoms. The number of nitrogens with one attached hydrogen (secondary N) is 1. The van der Waals surface area contributed by atoms with Crippen LogP contribution in [0.3, 0.4) is 0 Å². The van der Waals surface area contributed by atoms with Gasteiger partial charge in [0.1, 0.15) is 0 Å². The van der Waals surface area contributed by atoms with Crippen LogP contribution in [0, 0.1) is 0 Å². The lowest BCUT2D eigenvalue weighted by Crippen LogP contribution is -2.30. The summed E-state index contributed by atoms with van der Waals surface area (Å²) in [6.07, 6.45) is 4.68. The molecule has 0 atom stereocenters. The molecule has 2 amide bonds. The number of amides is 2. The molecule has 1 N–H and O–H groups in total. The van der Waals surface area contributed by atoms with E-state index in [2.05, 4.69) is 4.98 Å². The third-order valence-corrected chi connectivity index (χ3v) is 3.53. The first-order valence-electron chi connectivity index (χ1n) is 6.98. The van der Waals surface area contributed by atoms with Gasteiger partial charge in [-0.25, -0.2) is 4.79 Å². The third kappa shape index (κ3) is 2.76. The highest BCUT2D eigenvalue weighted by atomic mass is 16.2. The Labute approximate surface area is 130 Å². The molecule has 0 aliphatic carbocycles. The number of aromatic amines is 1. The zero-order chi connectivity index (χ0) is 16.4. The number of allylic oxidation sites excluding steroid dienone is 1. The monoisotopic (exact) mass is 311 g/mol. The minimum Gasteiger partial charge on any atom is -0.297 e. The van der Waals surface area contributed by atoms with Crippen molar-refractivity contribution in [3.05, 3.63) is 80.6 Å². The fourth-order valence-corrected chi connectivity index (χ4v) is 2.36. The van der Waals surface area contributed by atoms with Gasteiger partial charge in [-0.3, -0.25) is 28.8 Å². The summed E-state index contributed by atoms with van der Waals surface area (Å²) < 4.78 is 1.31. The fraction of sp³-hybridized carbons (Fsp3) is 0.125. The van der Waals surface area contributed by atoms with Crippen LogP contribution >= 0.6 is 0 Å². The molecule has 1 aliphatic rings. The lowest BCUT2D eigenvalue weighted by atomic mass is 10.1. The van der Waals surface area contributed by atoms with E-state index in [1.807, 2.05) is 0 Å². The van der Waals surface area contributed by atoms with Crippen LogP contribution in [-0.2, 0) is 6.54 Å². The molecular formula is C16H13N3O4. The van der Waals surface area contributed by atoms with Gasteiger partial charge in [0, 0.05) is 25.4 Å².